The van der Waals surface area contributed by atoms with Gasteiger partial charge in [0.1, 0.15) is 9.84 Å². The number of aliphatic hydroxyl groups excluding tert-OH is 1. The van der Waals surface area contributed by atoms with Gasteiger partial charge in [-0.15, -0.1) is 0 Å². The first-order valence-corrected chi connectivity index (χ1v) is 8.97. The van der Waals surface area contributed by atoms with E-state index in [9.17, 15) is 13.5 Å². The van der Waals surface area contributed by atoms with Gasteiger partial charge in [0.05, 0.1) is 12.4 Å². The topological polar surface area (TPSA) is 57.6 Å². The van der Waals surface area contributed by atoms with E-state index in [1.165, 1.54) is 11.8 Å². The van der Waals surface area contributed by atoms with Gasteiger partial charge in [-0.05, 0) is 39.7 Å². The molecule has 1 aliphatic heterocycles. The maximum absolute atomic E-state index is 11.2. The van der Waals surface area contributed by atoms with Crippen LogP contribution in [0.15, 0.2) is 11.6 Å². The highest BCUT2D eigenvalue weighted by Crippen LogP contribution is 2.33. The molecule has 1 atom stereocenters. The molecule has 19 heavy (non-hydrogen) atoms. The molecule has 0 amide bonds. The van der Waals surface area contributed by atoms with Crippen molar-refractivity contribution >= 4 is 9.84 Å². The van der Waals surface area contributed by atoms with E-state index in [1.54, 1.807) is 0 Å². The monoisotopic (exact) mass is 289 g/mol. The first-order valence-electron chi connectivity index (χ1n) is 6.91. The molecule has 1 heterocycles. The quantitative estimate of drug-likeness (QED) is 0.752. The summed E-state index contributed by atoms with van der Waals surface area (Å²) in [6.45, 7) is 6.61. The Morgan fingerprint density at radius 1 is 1.42 bits per heavy atom. The maximum Gasteiger partial charge on any atom is 0.148 e. The molecule has 1 aliphatic rings. The second-order valence-electron chi connectivity index (χ2n) is 6.15. The van der Waals surface area contributed by atoms with Crippen molar-refractivity contribution in [1.82, 2.24) is 4.90 Å². The summed E-state index contributed by atoms with van der Waals surface area (Å²) in [5.41, 5.74) is 1.17. The molecule has 5 heteroatoms. The molecule has 0 radical (unpaired) electrons. The van der Waals surface area contributed by atoms with Gasteiger partial charge < -0.3 is 10.0 Å². The van der Waals surface area contributed by atoms with Crippen LogP contribution in [0, 0.1) is 5.41 Å². The van der Waals surface area contributed by atoms with Crippen LogP contribution in [0.25, 0.3) is 0 Å². The smallest absolute Gasteiger partial charge is 0.148 e. The summed E-state index contributed by atoms with van der Waals surface area (Å²) in [6, 6.07) is 0. The number of aliphatic hydroxyl groups is 1. The van der Waals surface area contributed by atoms with Crippen LogP contribution < -0.4 is 0 Å². The summed E-state index contributed by atoms with van der Waals surface area (Å²) in [7, 11) is -2.91. The number of piperidine rings is 1. The molecule has 0 aromatic rings. The Balaban J connectivity index is 2.62. The highest BCUT2D eigenvalue weighted by molar-refractivity contribution is 7.90. The van der Waals surface area contributed by atoms with Crippen LogP contribution in [0.4, 0.5) is 0 Å². The molecule has 0 aliphatic carbocycles. The van der Waals surface area contributed by atoms with E-state index in [-0.39, 0.29) is 17.8 Å². The number of hydrogen-bond acceptors (Lipinski definition) is 4. The molecule has 0 aromatic heterocycles. The van der Waals surface area contributed by atoms with Crippen molar-refractivity contribution in [3.8, 4) is 0 Å². The van der Waals surface area contributed by atoms with Crippen molar-refractivity contribution in [2.45, 2.75) is 33.1 Å². The lowest BCUT2D eigenvalue weighted by Crippen LogP contribution is -2.46. The van der Waals surface area contributed by atoms with Gasteiger partial charge in [0.25, 0.3) is 0 Å². The fourth-order valence-corrected chi connectivity index (χ4v) is 3.17. The third-order valence-electron chi connectivity index (χ3n) is 3.80. The van der Waals surface area contributed by atoms with Gasteiger partial charge in [-0.2, -0.15) is 0 Å². The van der Waals surface area contributed by atoms with E-state index in [2.05, 4.69) is 24.8 Å². The number of allylic oxidation sites excluding steroid dienone is 2. The lowest BCUT2D eigenvalue weighted by Gasteiger charge is -2.41. The van der Waals surface area contributed by atoms with E-state index in [0.717, 1.165) is 32.4 Å². The summed E-state index contributed by atoms with van der Waals surface area (Å²) in [4.78, 5) is 2.18. The van der Waals surface area contributed by atoms with Gasteiger partial charge in [0, 0.05) is 24.8 Å². The highest BCUT2D eigenvalue weighted by atomic mass is 32.2. The predicted molar refractivity (Wildman–Crippen MR) is 79.0 cm³/mol. The molecule has 0 aromatic carbocycles. The Morgan fingerprint density at radius 3 is 2.63 bits per heavy atom. The molecular formula is C14H27NO3S. The van der Waals surface area contributed by atoms with Gasteiger partial charge in [-0.3, -0.25) is 0 Å². The minimum absolute atomic E-state index is 0.0903. The molecule has 1 saturated heterocycles. The van der Waals surface area contributed by atoms with Crippen LogP contribution in [0.5, 0.6) is 0 Å². The minimum Gasteiger partial charge on any atom is -0.396 e. The third-order valence-corrected chi connectivity index (χ3v) is 4.72. The summed E-state index contributed by atoms with van der Waals surface area (Å²) in [6.07, 6.45) is 6.38. The maximum atomic E-state index is 11.2. The van der Waals surface area contributed by atoms with E-state index in [1.807, 2.05) is 0 Å². The lowest BCUT2D eigenvalue weighted by atomic mass is 9.77. The molecule has 1 unspecified atom stereocenters. The third kappa shape index (κ3) is 6.06. The Kier molecular flexibility index (Phi) is 6.02. The van der Waals surface area contributed by atoms with E-state index in [0.29, 0.717) is 6.54 Å². The second kappa shape index (κ2) is 6.86. The average Bonchev–Trinajstić information content (AvgIpc) is 2.34. The van der Waals surface area contributed by atoms with Crippen molar-refractivity contribution in [3.63, 3.8) is 0 Å². The Hall–Kier alpha value is -0.390. The summed E-state index contributed by atoms with van der Waals surface area (Å²) in [5, 5.41) is 9.73. The molecule has 0 bridgehead atoms. The lowest BCUT2D eigenvalue weighted by molar-refractivity contribution is 0.0371. The second-order valence-corrected chi connectivity index (χ2v) is 8.41. The highest BCUT2D eigenvalue weighted by Gasteiger charge is 2.34. The Labute approximate surface area is 117 Å². The Morgan fingerprint density at radius 2 is 2.11 bits per heavy atom. The predicted octanol–water partition coefficient (Wildman–Crippen LogP) is 1.46. The van der Waals surface area contributed by atoms with Crippen LogP contribution in [-0.4, -0.2) is 56.7 Å². The molecular weight excluding hydrogens is 262 g/mol. The molecule has 4 nitrogen and oxygen atoms in total. The van der Waals surface area contributed by atoms with Gasteiger partial charge in [0.15, 0.2) is 0 Å². The van der Waals surface area contributed by atoms with E-state index < -0.39 is 9.84 Å². The van der Waals surface area contributed by atoms with Gasteiger partial charge in [-0.1, -0.05) is 11.6 Å². The average molecular weight is 289 g/mol. The number of hydrogen-bond donors (Lipinski definition) is 1. The van der Waals surface area contributed by atoms with Crippen molar-refractivity contribution in [2.24, 2.45) is 5.41 Å². The first-order chi connectivity index (χ1) is 8.76. The van der Waals surface area contributed by atoms with Crippen LogP contribution in [0.1, 0.15) is 33.1 Å². The fourth-order valence-electron chi connectivity index (χ4n) is 2.58. The van der Waals surface area contributed by atoms with Gasteiger partial charge >= 0.3 is 0 Å². The van der Waals surface area contributed by atoms with Crippen LogP contribution >= 0.6 is 0 Å². The van der Waals surface area contributed by atoms with Crippen LogP contribution in [0.3, 0.4) is 0 Å². The fraction of sp³-hybridized carbons (Fsp3) is 0.857. The minimum atomic E-state index is -2.91. The van der Waals surface area contributed by atoms with Gasteiger partial charge in [-0.25, -0.2) is 8.42 Å². The molecule has 1 fully saturated rings. The van der Waals surface area contributed by atoms with E-state index >= 15 is 0 Å². The van der Waals surface area contributed by atoms with Crippen LogP contribution in [-0.2, 0) is 9.84 Å². The summed E-state index contributed by atoms with van der Waals surface area (Å²) < 4.78 is 22.5. The zero-order chi connectivity index (χ0) is 14.5. The Bertz CT molecular complexity index is 412. The normalized spacial score (nSPS) is 25.3. The number of nitrogens with zero attached hydrogens (tertiary/aromatic N) is 1. The van der Waals surface area contributed by atoms with E-state index in [4.69, 9.17) is 0 Å². The van der Waals surface area contributed by atoms with Crippen LogP contribution in [0.2, 0.25) is 0 Å². The number of rotatable bonds is 6. The SMILES string of the molecule is CC(C)=CCC1(CO)CCCN(CCS(C)(=O)=O)C1. The zero-order valence-corrected chi connectivity index (χ0v) is 13.2. The van der Waals surface area contributed by atoms with Gasteiger partial charge in [0.2, 0.25) is 0 Å². The standard InChI is InChI=1S/C14H27NO3S/c1-13(2)5-7-14(12-16)6-4-8-15(11-14)9-10-19(3,17)18/h5,16H,4,6-12H2,1-3H3. The molecule has 1 N–H and O–H groups in total. The molecule has 0 saturated carbocycles. The van der Waals surface area contributed by atoms with Crippen molar-refractivity contribution in [2.75, 3.05) is 38.2 Å². The number of sulfone groups is 1. The van der Waals surface area contributed by atoms with Crippen molar-refractivity contribution < 1.29 is 13.5 Å². The summed E-state index contributed by atoms with van der Waals surface area (Å²) in [5.74, 6) is 0.206. The first kappa shape index (κ1) is 16.7. The largest absolute Gasteiger partial charge is 0.396 e. The zero-order valence-electron chi connectivity index (χ0n) is 12.4. The molecule has 112 valence electrons. The van der Waals surface area contributed by atoms with Crippen molar-refractivity contribution in [3.05, 3.63) is 11.6 Å². The van der Waals surface area contributed by atoms with Crippen molar-refractivity contribution in [1.29, 1.82) is 0 Å². The summed E-state index contributed by atoms with van der Waals surface area (Å²) >= 11 is 0. The number of likely N-dealkylation sites (tertiary alicyclic amines) is 1. The molecule has 1 rings (SSSR count). The molecule has 0 spiro atoms.